The van der Waals surface area contributed by atoms with E-state index in [1.54, 1.807) is 50.5 Å². The number of fused-ring (bicyclic) bond motifs is 6. The Bertz CT molecular complexity index is 4310. The molecule has 6 aromatic rings. The summed E-state index contributed by atoms with van der Waals surface area (Å²) < 4.78 is 75.6. The minimum absolute atomic E-state index is 0.00214. The Morgan fingerprint density at radius 3 is 1.17 bits per heavy atom. The van der Waals surface area contributed by atoms with Crippen molar-refractivity contribution in [3.8, 4) is 99.0 Å². The van der Waals surface area contributed by atoms with Crippen molar-refractivity contribution in [3.63, 3.8) is 0 Å². The fraction of sp³-hybridized carbons (Fsp3) is 0.422. The van der Waals surface area contributed by atoms with Crippen molar-refractivity contribution in [2.75, 3.05) is 41.8 Å². The smallest absolute Gasteiger partial charge is 0.410 e. The molecule has 560 valence electrons. The maximum absolute atomic E-state index is 12.7. The number of ether oxygens (including phenoxy) is 9. The molecule has 6 fully saturated rings. The van der Waals surface area contributed by atoms with Gasteiger partial charge in [-0.15, -0.1) is 0 Å². The standard InChI is InChI=1S/C26H30N2O4.C24H24N2O3.C14H11NO2.C13H23NO5S.2C3H4O/c1-26(2,3)32-25(29)28-19-10-11-20(28)16-22(15-19)31-21-13-17(12-18(14-21)27-4)23-8-6-7-9-24(23)30-5;1-4-24(27)26-18-9-10-19(26)15-21(14-18)29-20-12-16(11-17(13-20)25-2)22-7-5-6-8-23(22)28-3;1-17-14-5-3-2-4-13(14)11-6-10(9-15)7-12(16)8-11;1-13(2,3)18-12(15)14-9-5-6-10(14)8-11(7-9)19-20(4,16)17;2*1-3-4-2/h6-9,12-14,19-20,22H,10-11,15-16H2,1-3,5H3;4-8,11-13,18-19,21H,1,9-10,14-15H2,3H3;2-8,16H,1H3;9-11H,5-8H2,1-4H3;2*1H,2H3. The average Bonchev–Trinajstić information content (AvgIpc) is 1.60. The lowest BCUT2D eigenvalue weighted by Crippen LogP contribution is -2.50. The van der Waals surface area contributed by atoms with Gasteiger partial charge in [0.05, 0.1) is 72.7 Å². The second-order valence-electron chi connectivity index (χ2n) is 28.0. The van der Waals surface area contributed by atoms with Gasteiger partial charge >= 0.3 is 12.2 Å². The summed E-state index contributed by atoms with van der Waals surface area (Å²) in [5.74, 6) is 3.68. The van der Waals surface area contributed by atoms with Gasteiger partial charge in [0, 0.05) is 78.6 Å². The molecule has 6 atom stereocenters. The van der Waals surface area contributed by atoms with E-state index >= 15 is 0 Å². The summed E-state index contributed by atoms with van der Waals surface area (Å²) >= 11 is 0. The average molecular weight is 1470 g/mol. The van der Waals surface area contributed by atoms with E-state index in [0.717, 1.165) is 115 Å². The molecule has 23 heteroatoms. The predicted octanol–water partition coefficient (Wildman–Crippen LogP) is 16.5. The number of para-hydroxylation sites is 3. The van der Waals surface area contributed by atoms with Crippen LogP contribution in [0.3, 0.4) is 0 Å². The number of carbonyl (C=O) groups is 3. The molecule has 22 nitrogen and oxygen atoms in total. The van der Waals surface area contributed by atoms with Gasteiger partial charge in [-0.3, -0.25) is 8.98 Å². The van der Waals surface area contributed by atoms with Crippen LogP contribution >= 0.6 is 0 Å². The number of hydrogen-bond donors (Lipinski definition) is 1. The number of phenols is 1. The van der Waals surface area contributed by atoms with Crippen molar-refractivity contribution in [3.05, 3.63) is 168 Å². The Morgan fingerprint density at radius 2 is 0.868 bits per heavy atom. The Kier molecular flexibility index (Phi) is 29.6. The van der Waals surface area contributed by atoms with Crippen LogP contribution in [0.25, 0.3) is 43.1 Å². The first-order valence-corrected chi connectivity index (χ1v) is 36.7. The summed E-state index contributed by atoms with van der Waals surface area (Å²) in [7, 11) is 4.32. The summed E-state index contributed by atoms with van der Waals surface area (Å²) in [6.45, 7) is 29.8. The number of aromatic hydroxyl groups is 1. The lowest BCUT2D eigenvalue weighted by molar-refractivity contribution is -0.131. The zero-order chi connectivity index (χ0) is 77.5. The van der Waals surface area contributed by atoms with Gasteiger partial charge in [-0.1, -0.05) is 74.0 Å². The first kappa shape index (κ1) is 82.3. The van der Waals surface area contributed by atoms with Crippen LogP contribution in [0.5, 0.6) is 34.5 Å². The van der Waals surface area contributed by atoms with Gasteiger partial charge < -0.3 is 62.4 Å². The zero-order valence-electron chi connectivity index (χ0n) is 62.4. The molecule has 6 aliphatic rings. The molecule has 3 amide bonds. The number of carbonyl (C=O) groups excluding carboxylic acids is 3. The van der Waals surface area contributed by atoms with Crippen molar-refractivity contribution >= 4 is 39.6 Å². The van der Waals surface area contributed by atoms with Crippen LogP contribution in [0.15, 0.2) is 140 Å². The topological polar surface area (TPSA) is 240 Å². The van der Waals surface area contributed by atoms with Crippen LogP contribution in [0, 0.1) is 49.5 Å². The van der Waals surface area contributed by atoms with Crippen LogP contribution in [0.2, 0.25) is 0 Å². The van der Waals surface area contributed by atoms with Gasteiger partial charge in [-0.2, -0.15) is 13.7 Å². The van der Waals surface area contributed by atoms with E-state index in [1.807, 2.05) is 167 Å². The number of phenolic OH excluding ortho intramolecular Hbond substituents is 1. The Balaban J connectivity index is 0.000000195. The van der Waals surface area contributed by atoms with E-state index in [-0.39, 0.29) is 78.4 Å². The summed E-state index contributed by atoms with van der Waals surface area (Å²) in [5, 5.41) is 18.4. The summed E-state index contributed by atoms with van der Waals surface area (Å²) in [6, 6.07) is 41.7. The number of piperidine rings is 3. The molecule has 0 saturated carbocycles. The molecule has 6 aliphatic heterocycles. The molecule has 0 aromatic heterocycles. The molecule has 6 bridgehead atoms. The highest BCUT2D eigenvalue weighted by Crippen LogP contribution is 2.44. The fourth-order valence-electron chi connectivity index (χ4n) is 14.2. The lowest BCUT2D eigenvalue weighted by Gasteiger charge is -2.39. The second-order valence-corrected chi connectivity index (χ2v) is 29.6. The molecule has 6 saturated heterocycles. The third-order valence-electron chi connectivity index (χ3n) is 18.2. The van der Waals surface area contributed by atoms with Gasteiger partial charge in [0.2, 0.25) is 5.91 Å². The molecular formula is C83H96N6O16S. The van der Waals surface area contributed by atoms with Gasteiger partial charge in [0.1, 0.15) is 70.1 Å². The highest BCUT2D eigenvalue weighted by molar-refractivity contribution is 7.86. The van der Waals surface area contributed by atoms with Gasteiger partial charge in [0.25, 0.3) is 10.1 Å². The van der Waals surface area contributed by atoms with Gasteiger partial charge in [-0.05, 0) is 188 Å². The fourth-order valence-corrected chi connectivity index (χ4v) is 14.9. The van der Waals surface area contributed by atoms with E-state index in [9.17, 15) is 27.9 Å². The second kappa shape index (κ2) is 38.1. The molecule has 106 heavy (non-hydrogen) atoms. The molecule has 1 N–H and O–H groups in total. The maximum Gasteiger partial charge on any atom is 0.410 e. The summed E-state index contributed by atoms with van der Waals surface area (Å²) in [4.78, 5) is 50.0. The SMILES string of the molecule is C#COC.C#COC.CC(C)(C)OC(=O)N1C2CCC1CC(OS(C)(=O)=O)C2.COc1ccccc1-c1cc(O)cc(C#N)c1.[C-]#[N+]c1cc(OC2CC3CCC(C2)N3C(=O)C=C)cc(-c2ccccc2OC)c1.[C-]#[N+]c1cc(OC2CC3CCC(C2)N3C(=O)OC(C)(C)C)cc(-c2ccccc2OC)c1. The van der Waals surface area contributed by atoms with Crippen molar-refractivity contribution in [2.24, 2.45) is 0 Å². The number of nitrogens with zero attached hydrogens (tertiary/aromatic N) is 6. The molecule has 6 unspecified atom stereocenters. The molecule has 0 spiro atoms. The number of methoxy groups -OCH3 is 5. The van der Waals surface area contributed by atoms with E-state index in [4.69, 9.17) is 55.7 Å². The minimum Gasteiger partial charge on any atom is -0.508 e. The molecule has 6 aromatic carbocycles. The van der Waals surface area contributed by atoms with Crippen LogP contribution in [0.4, 0.5) is 21.0 Å². The van der Waals surface area contributed by atoms with E-state index in [0.29, 0.717) is 47.0 Å². The van der Waals surface area contributed by atoms with Crippen molar-refractivity contribution in [1.82, 2.24) is 14.7 Å². The number of nitriles is 1. The molecule has 0 radical (unpaired) electrons. The van der Waals surface area contributed by atoms with Crippen LogP contribution in [-0.2, 0) is 38.0 Å². The highest BCUT2D eigenvalue weighted by Gasteiger charge is 2.48. The number of amides is 3. The first-order valence-electron chi connectivity index (χ1n) is 34.9. The first-order chi connectivity index (χ1) is 50.5. The largest absolute Gasteiger partial charge is 0.508 e. The van der Waals surface area contributed by atoms with E-state index < -0.39 is 21.3 Å². The number of hydrogen-bond acceptors (Lipinski definition) is 17. The Morgan fingerprint density at radius 1 is 0.538 bits per heavy atom. The maximum atomic E-state index is 12.7. The summed E-state index contributed by atoms with van der Waals surface area (Å²) in [6.07, 6.45) is 24.6. The van der Waals surface area contributed by atoms with Gasteiger partial charge in [0.15, 0.2) is 11.4 Å². The monoisotopic (exact) mass is 1460 g/mol. The van der Waals surface area contributed by atoms with Crippen LogP contribution in [0.1, 0.15) is 124 Å². The van der Waals surface area contributed by atoms with E-state index in [2.05, 4.69) is 38.6 Å². The van der Waals surface area contributed by atoms with Crippen molar-refractivity contribution in [1.29, 1.82) is 5.26 Å². The lowest BCUT2D eigenvalue weighted by atomic mass is 9.99. The quantitative estimate of drug-likeness (QED) is 0.0489. The minimum atomic E-state index is -3.44. The van der Waals surface area contributed by atoms with Crippen molar-refractivity contribution in [2.45, 2.75) is 184 Å². The van der Waals surface area contributed by atoms with Crippen LogP contribution < -0.4 is 23.7 Å². The third-order valence-corrected chi connectivity index (χ3v) is 18.8. The Labute approximate surface area is 624 Å². The third kappa shape index (κ3) is 23.2. The molecule has 12 rings (SSSR count). The normalized spacial score (nSPS) is 20.5. The number of terminal acetylenes is 2. The zero-order valence-corrected chi connectivity index (χ0v) is 63.2. The highest BCUT2D eigenvalue weighted by atomic mass is 32.2. The van der Waals surface area contributed by atoms with Crippen LogP contribution in [-0.4, -0.2) is 154 Å². The number of benzene rings is 6. The predicted molar refractivity (Wildman–Crippen MR) is 406 cm³/mol. The van der Waals surface area contributed by atoms with E-state index in [1.165, 1.54) is 26.4 Å². The van der Waals surface area contributed by atoms with Crippen molar-refractivity contribution < 1.29 is 74.7 Å². The molecule has 0 aliphatic carbocycles. The van der Waals surface area contributed by atoms with Gasteiger partial charge in [-0.25, -0.2) is 19.3 Å². The summed E-state index contributed by atoms with van der Waals surface area (Å²) in [5.41, 5.74) is 5.71. The molecule has 6 heterocycles. The Hall–Kier alpha value is -11.0. The number of rotatable bonds is 13. The molecular weight excluding hydrogens is 1370 g/mol.